The van der Waals surface area contributed by atoms with Crippen LogP contribution in [0, 0.1) is 11.6 Å². The molecule has 1 aromatic rings. The van der Waals surface area contributed by atoms with Crippen molar-refractivity contribution in [2.24, 2.45) is 0 Å². The van der Waals surface area contributed by atoms with E-state index in [1.807, 2.05) is 6.92 Å². The summed E-state index contributed by atoms with van der Waals surface area (Å²) in [4.78, 5) is 4.67. The summed E-state index contributed by atoms with van der Waals surface area (Å²) in [6.07, 6.45) is 0.889. The van der Waals surface area contributed by atoms with Crippen molar-refractivity contribution in [3.63, 3.8) is 0 Å². The second-order valence-corrected chi connectivity index (χ2v) is 5.92. The van der Waals surface area contributed by atoms with Crippen molar-refractivity contribution in [1.29, 1.82) is 0 Å². The maximum Gasteiger partial charge on any atom is 0.159 e. The molecule has 0 aliphatic carbocycles. The Kier molecular flexibility index (Phi) is 5.67. The molecule has 0 spiro atoms. The van der Waals surface area contributed by atoms with Gasteiger partial charge in [0.2, 0.25) is 0 Å². The van der Waals surface area contributed by atoms with Crippen LogP contribution in [-0.4, -0.2) is 56.1 Å². The molecule has 0 bridgehead atoms. The Morgan fingerprint density at radius 2 is 2.00 bits per heavy atom. The maximum absolute atomic E-state index is 13.5. The van der Waals surface area contributed by atoms with Crippen molar-refractivity contribution < 1.29 is 8.78 Å². The average molecular weight is 297 g/mol. The Labute approximate surface area is 125 Å². The fraction of sp³-hybridized carbons (Fsp3) is 0.625. The topological polar surface area (TPSA) is 18.5 Å². The van der Waals surface area contributed by atoms with Gasteiger partial charge in [-0.1, -0.05) is 13.0 Å². The van der Waals surface area contributed by atoms with E-state index in [0.717, 1.165) is 38.2 Å². The fourth-order valence-electron chi connectivity index (χ4n) is 2.94. The van der Waals surface area contributed by atoms with Gasteiger partial charge in [0.05, 0.1) is 0 Å². The van der Waals surface area contributed by atoms with Crippen molar-refractivity contribution in [2.45, 2.75) is 25.4 Å². The molecule has 118 valence electrons. The quantitative estimate of drug-likeness (QED) is 0.899. The highest BCUT2D eigenvalue weighted by atomic mass is 19.2. The van der Waals surface area contributed by atoms with Crippen molar-refractivity contribution in [3.05, 3.63) is 35.4 Å². The molecule has 3 nitrogen and oxygen atoms in total. The summed E-state index contributed by atoms with van der Waals surface area (Å²) >= 11 is 0. The lowest BCUT2D eigenvalue weighted by Gasteiger charge is -2.39. The minimum atomic E-state index is -0.788. The van der Waals surface area contributed by atoms with Crippen LogP contribution in [0.5, 0.6) is 0 Å². The van der Waals surface area contributed by atoms with Gasteiger partial charge in [0.15, 0.2) is 11.6 Å². The third-order valence-electron chi connectivity index (χ3n) is 4.28. The summed E-state index contributed by atoms with van der Waals surface area (Å²) in [5, 5.41) is 3.39. The highest BCUT2D eigenvalue weighted by Crippen LogP contribution is 2.24. The van der Waals surface area contributed by atoms with Crippen LogP contribution in [0.1, 0.15) is 24.9 Å². The normalized spacial score (nSPS) is 22.4. The third kappa shape index (κ3) is 4.22. The molecule has 21 heavy (non-hydrogen) atoms. The Bertz CT molecular complexity index is 467. The number of nitrogens with zero attached hydrogens (tertiary/aromatic N) is 2. The van der Waals surface area contributed by atoms with Crippen LogP contribution in [0.15, 0.2) is 18.2 Å². The van der Waals surface area contributed by atoms with Gasteiger partial charge in [0, 0.05) is 31.7 Å². The van der Waals surface area contributed by atoms with E-state index in [1.165, 1.54) is 12.1 Å². The molecule has 0 amide bonds. The summed E-state index contributed by atoms with van der Waals surface area (Å²) in [5.41, 5.74) is 0.817. The van der Waals surface area contributed by atoms with Crippen molar-refractivity contribution in [1.82, 2.24) is 15.1 Å². The molecule has 1 aliphatic heterocycles. The first-order valence-electron chi connectivity index (χ1n) is 7.58. The zero-order chi connectivity index (χ0) is 15.4. The SMILES string of the molecule is CCNC(CC1CN(C)CCN1C)c1ccc(F)c(F)c1. The number of hydrogen-bond donors (Lipinski definition) is 1. The minimum Gasteiger partial charge on any atom is -0.310 e. The number of piperazine rings is 1. The molecule has 2 atom stereocenters. The molecule has 1 N–H and O–H groups in total. The zero-order valence-corrected chi connectivity index (χ0v) is 13.1. The molecular weight excluding hydrogens is 272 g/mol. The number of rotatable bonds is 5. The van der Waals surface area contributed by atoms with E-state index >= 15 is 0 Å². The van der Waals surface area contributed by atoms with Gasteiger partial charge in [0.25, 0.3) is 0 Å². The molecule has 1 fully saturated rings. The molecule has 1 saturated heterocycles. The maximum atomic E-state index is 13.5. The largest absolute Gasteiger partial charge is 0.310 e. The Morgan fingerprint density at radius 3 is 2.67 bits per heavy atom. The Hall–Kier alpha value is -1.04. The highest BCUT2D eigenvalue weighted by Gasteiger charge is 2.26. The number of hydrogen-bond acceptors (Lipinski definition) is 3. The molecule has 5 heteroatoms. The molecule has 1 heterocycles. The first kappa shape index (κ1) is 16.3. The second kappa shape index (κ2) is 7.29. The van der Waals surface area contributed by atoms with Crippen LogP contribution in [0.25, 0.3) is 0 Å². The molecule has 0 radical (unpaired) electrons. The third-order valence-corrected chi connectivity index (χ3v) is 4.28. The van der Waals surface area contributed by atoms with E-state index in [2.05, 4.69) is 29.2 Å². The number of benzene rings is 1. The average Bonchev–Trinajstić information content (AvgIpc) is 2.45. The van der Waals surface area contributed by atoms with E-state index in [4.69, 9.17) is 0 Å². The van der Waals surface area contributed by atoms with E-state index in [-0.39, 0.29) is 6.04 Å². The van der Waals surface area contributed by atoms with Crippen LogP contribution in [0.4, 0.5) is 8.78 Å². The molecule has 1 aliphatic rings. The molecule has 0 saturated carbocycles. The molecular formula is C16H25F2N3. The van der Waals surface area contributed by atoms with Gasteiger partial charge < -0.3 is 15.1 Å². The van der Waals surface area contributed by atoms with Crippen LogP contribution < -0.4 is 5.32 Å². The summed E-state index contributed by atoms with van der Waals surface area (Å²) in [7, 11) is 4.26. The fourth-order valence-corrected chi connectivity index (χ4v) is 2.94. The molecule has 2 unspecified atom stereocenters. The minimum absolute atomic E-state index is 0.0454. The number of nitrogens with one attached hydrogen (secondary N) is 1. The van der Waals surface area contributed by atoms with Gasteiger partial charge in [-0.05, 0) is 44.8 Å². The first-order valence-corrected chi connectivity index (χ1v) is 7.58. The predicted octanol–water partition coefficient (Wildman–Crippen LogP) is 2.25. The van der Waals surface area contributed by atoms with Gasteiger partial charge in [0.1, 0.15) is 0 Å². The molecule has 0 aromatic heterocycles. The Morgan fingerprint density at radius 1 is 1.24 bits per heavy atom. The highest BCUT2D eigenvalue weighted by molar-refractivity contribution is 5.21. The van der Waals surface area contributed by atoms with Crippen molar-refractivity contribution >= 4 is 0 Å². The van der Waals surface area contributed by atoms with Crippen LogP contribution >= 0.6 is 0 Å². The van der Waals surface area contributed by atoms with E-state index in [0.29, 0.717) is 6.04 Å². The summed E-state index contributed by atoms with van der Waals surface area (Å²) in [5.74, 6) is -1.56. The Balaban J connectivity index is 2.12. The van der Waals surface area contributed by atoms with Crippen LogP contribution in [0.2, 0.25) is 0 Å². The lowest BCUT2D eigenvalue weighted by molar-refractivity contribution is 0.101. The van der Waals surface area contributed by atoms with Gasteiger partial charge in [-0.3, -0.25) is 0 Å². The van der Waals surface area contributed by atoms with Crippen molar-refractivity contribution in [3.8, 4) is 0 Å². The first-order chi connectivity index (χ1) is 10.0. The van der Waals surface area contributed by atoms with E-state index < -0.39 is 11.6 Å². The smallest absolute Gasteiger partial charge is 0.159 e. The van der Waals surface area contributed by atoms with Gasteiger partial charge in [-0.2, -0.15) is 0 Å². The summed E-state index contributed by atoms with van der Waals surface area (Å²) in [6, 6.07) is 4.67. The lowest BCUT2D eigenvalue weighted by atomic mass is 9.97. The van der Waals surface area contributed by atoms with E-state index in [1.54, 1.807) is 6.07 Å². The number of likely N-dealkylation sites (N-methyl/N-ethyl adjacent to an activating group) is 2. The van der Waals surface area contributed by atoms with Crippen molar-refractivity contribution in [2.75, 3.05) is 40.3 Å². The zero-order valence-electron chi connectivity index (χ0n) is 13.1. The van der Waals surface area contributed by atoms with Crippen LogP contribution in [-0.2, 0) is 0 Å². The van der Waals surface area contributed by atoms with Gasteiger partial charge in [-0.15, -0.1) is 0 Å². The second-order valence-electron chi connectivity index (χ2n) is 5.92. The molecule has 1 aromatic carbocycles. The number of halogens is 2. The van der Waals surface area contributed by atoms with E-state index in [9.17, 15) is 8.78 Å². The van der Waals surface area contributed by atoms with Gasteiger partial charge >= 0.3 is 0 Å². The summed E-state index contributed by atoms with van der Waals surface area (Å²) in [6.45, 7) is 5.95. The predicted molar refractivity (Wildman–Crippen MR) is 81.3 cm³/mol. The molecule has 2 rings (SSSR count). The van der Waals surface area contributed by atoms with Gasteiger partial charge in [-0.25, -0.2) is 8.78 Å². The monoisotopic (exact) mass is 297 g/mol. The van der Waals surface area contributed by atoms with Crippen LogP contribution in [0.3, 0.4) is 0 Å². The standard InChI is InChI=1S/C16H25F2N3/c1-4-19-16(12-5-6-14(17)15(18)9-12)10-13-11-20(2)7-8-21(13)3/h5-6,9,13,16,19H,4,7-8,10-11H2,1-3H3. The lowest BCUT2D eigenvalue weighted by Crippen LogP contribution is -2.51. The summed E-state index contributed by atoms with van der Waals surface area (Å²) < 4.78 is 26.6.